The number of nitrogens with zero attached hydrogens (tertiary/aromatic N) is 2. The molecule has 160 valence electrons. The number of rotatable bonds is 9. The molecular weight excluding hydrogens is 394 g/mol. The maximum absolute atomic E-state index is 6.44. The first-order chi connectivity index (χ1) is 14.8. The van der Waals surface area contributed by atoms with E-state index in [2.05, 4.69) is 52.0 Å². The first-order valence-electron chi connectivity index (χ1n) is 11.2. The van der Waals surface area contributed by atoms with E-state index in [4.69, 9.17) is 16.3 Å². The number of piperazine rings is 1. The predicted molar refractivity (Wildman–Crippen MR) is 127 cm³/mol. The highest BCUT2D eigenvalue weighted by Gasteiger charge is 2.19. The Hall–Kier alpha value is -2.17. The number of ether oxygens (including phenoxy) is 1. The van der Waals surface area contributed by atoms with Gasteiger partial charge in [-0.25, -0.2) is 0 Å². The van der Waals surface area contributed by atoms with E-state index < -0.39 is 0 Å². The molecule has 1 fully saturated rings. The summed E-state index contributed by atoms with van der Waals surface area (Å²) >= 11 is 6.44. The second-order valence-electron chi connectivity index (χ2n) is 8.08. The number of unbranched alkanes of at least 4 members (excludes halogenated alkanes) is 2. The molecule has 1 N–H and O–H groups in total. The molecule has 2 heterocycles. The van der Waals surface area contributed by atoms with E-state index in [1.807, 2.05) is 18.3 Å². The van der Waals surface area contributed by atoms with Gasteiger partial charge in [-0.1, -0.05) is 49.6 Å². The molecule has 0 spiro atoms. The van der Waals surface area contributed by atoms with Gasteiger partial charge in [0.15, 0.2) is 0 Å². The Morgan fingerprint density at radius 2 is 1.83 bits per heavy atom. The second kappa shape index (κ2) is 10.2. The number of hydrogen-bond donors (Lipinski definition) is 1. The smallest absolute Gasteiger partial charge is 0.141 e. The third-order valence-corrected chi connectivity index (χ3v) is 6.33. The van der Waals surface area contributed by atoms with Crippen LogP contribution in [0.4, 0.5) is 5.69 Å². The molecule has 0 aliphatic carbocycles. The van der Waals surface area contributed by atoms with Gasteiger partial charge in [-0.15, -0.1) is 0 Å². The van der Waals surface area contributed by atoms with Crippen molar-refractivity contribution in [1.82, 2.24) is 9.88 Å². The fourth-order valence-electron chi connectivity index (χ4n) is 4.31. The van der Waals surface area contributed by atoms with Crippen LogP contribution in [0, 0.1) is 0 Å². The molecule has 0 atom stereocenters. The molecular formula is C25H32ClN3O. The lowest BCUT2D eigenvalue weighted by atomic mass is 10.1. The van der Waals surface area contributed by atoms with E-state index in [9.17, 15) is 0 Å². The van der Waals surface area contributed by atoms with Gasteiger partial charge in [0.25, 0.3) is 0 Å². The molecule has 1 saturated heterocycles. The fraction of sp³-hybridized carbons (Fsp3) is 0.440. The van der Waals surface area contributed by atoms with Gasteiger partial charge >= 0.3 is 0 Å². The first-order valence-corrected chi connectivity index (χ1v) is 11.6. The minimum absolute atomic E-state index is 0.678. The number of hydrogen-bond acceptors (Lipinski definition) is 3. The maximum atomic E-state index is 6.44. The molecule has 2 aromatic carbocycles. The predicted octanol–water partition coefficient (Wildman–Crippen LogP) is 5.76. The molecule has 1 aliphatic heterocycles. The van der Waals surface area contributed by atoms with Crippen LogP contribution in [0.3, 0.4) is 0 Å². The number of aromatic amines is 1. The van der Waals surface area contributed by atoms with Crippen molar-refractivity contribution < 1.29 is 4.74 Å². The number of anilines is 1. The second-order valence-corrected chi connectivity index (χ2v) is 8.49. The molecule has 0 amide bonds. The molecule has 1 aliphatic rings. The van der Waals surface area contributed by atoms with Crippen molar-refractivity contribution in [3.8, 4) is 5.75 Å². The molecule has 4 nitrogen and oxygen atoms in total. The van der Waals surface area contributed by atoms with E-state index in [0.717, 1.165) is 49.9 Å². The molecule has 0 unspecified atom stereocenters. The van der Waals surface area contributed by atoms with Crippen molar-refractivity contribution in [1.29, 1.82) is 0 Å². The lowest BCUT2D eigenvalue weighted by Crippen LogP contribution is -2.47. The van der Waals surface area contributed by atoms with Crippen LogP contribution < -0.4 is 9.64 Å². The summed E-state index contributed by atoms with van der Waals surface area (Å²) in [7, 11) is 0. The highest BCUT2D eigenvalue weighted by atomic mass is 35.5. The Kier molecular flexibility index (Phi) is 7.19. The number of aromatic nitrogens is 1. The van der Waals surface area contributed by atoms with Gasteiger partial charge in [0.1, 0.15) is 12.4 Å². The molecule has 4 rings (SSSR count). The van der Waals surface area contributed by atoms with E-state index >= 15 is 0 Å². The van der Waals surface area contributed by atoms with Crippen molar-refractivity contribution in [2.24, 2.45) is 0 Å². The van der Waals surface area contributed by atoms with Crippen LogP contribution in [0.25, 0.3) is 10.9 Å². The zero-order valence-corrected chi connectivity index (χ0v) is 18.6. The van der Waals surface area contributed by atoms with E-state index in [1.54, 1.807) is 0 Å². The summed E-state index contributed by atoms with van der Waals surface area (Å²) in [5.41, 5.74) is 3.77. The van der Waals surface area contributed by atoms with Crippen LogP contribution in [0.2, 0.25) is 5.02 Å². The summed E-state index contributed by atoms with van der Waals surface area (Å²) in [6, 6.07) is 14.8. The third kappa shape index (κ3) is 4.93. The number of halogens is 1. The van der Waals surface area contributed by atoms with Crippen LogP contribution in [0.1, 0.15) is 31.7 Å². The van der Waals surface area contributed by atoms with Gasteiger partial charge < -0.3 is 14.6 Å². The van der Waals surface area contributed by atoms with E-state index in [-0.39, 0.29) is 0 Å². The van der Waals surface area contributed by atoms with Crippen LogP contribution in [0.5, 0.6) is 5.75 Å². The van der Waals surface area contributed by atoms with Crippen molar-refractivity contribution in [2.45, 2.75) is 32.6 Å². The van der Waals surface area contributed by atoms with Crippen LogP contribution in [-0.2, 0) is 6.42 Å². The summed E-state index contributed by atoms with van der Waals surface area (Å²) in [5, 5.41) is 2.04. The van der Waals surface area contributed by atoms with Gasteiger partial charge in [-0.05, 0) is 42.7 Å². The molecule has 0 radical (unpaired) electrons. The molecule has 30 heavy (non-hydrogen) atoms. The molecule has 5 heteroatoms. The Balaban J connectivity index is 1.28. The third-order valence-electron chi connectivity index (χ3n) is 6.04. The highest BCUT2D eigenvalue weighted by Crippen LogP contribution is 2.30. The quantitative estimate of drug-likeness (QED) is 0.442. The van der Waals surface area contributed by atoms with Gasteiger partial charge in [0.2, 0.25) is 0 Å². The maximum Gasteiger partial charge on any atom is 0.141 e. The molecule has 3 aromatic rings. The zero-order chi connectivity index (χ0) is 20.8. The highest BCUT2D eigenvalue weighted by molar-refractivity contribution is 6.32. The standard InChI is InChI=1S/C25H32ClN3O/c1-2-3-4-7-20-8-5-9-22(26)25(20)30-19-18-28-14-16-29(17-15-28)24-11-6-10-23-21(24)12-13-27-23/h5-6,8-13,27H,2-4,7,14-19H2,1H3. The number of nitrogens with one attached hydrogen (secondary N) is 1. The Morgan fingerprint density at radius 1 is 1.00 bits per heavy atom. The summed E-state index contributed by atoms with van der Waals surface area (Å²) in [5.74, 6) is 0.882. The number of para-hydroxylation sites is 1. The SMILES string of the molecule is CCCCCc1cccc(Cl)c1OCCN1CCN(c2cccc3[nH]ccc23)CC1. The van der Waals surface area contributed by atoms with Gasteiger partial charge in [0, 0.05) is 55.5 Å². The lowest BCUT2D eigenvalue weighted by molar-refractivity contribution is 0.200. The Bertz CT molecular complexity index is 946. The largest absolute Gasteiger partial charge is 0.490 e. The van der Waals surface area contributed by atoms with Crippen molar-refractivity contribution >= 4 is 28.2 Å². The monoisotopic (exact) mass is 425 g/mol. The van der Waals surface area contributed by atoms with Crippen molar-refractivity contribution in [2.75, 3.05) is 44.2 Å². The van der Waals surface area contributed by atoms with E-state index in [1.165, 1.54) is 41.4 Å². The van der Waals surface area contributed by atoms with Crippen LogP contribution in [-0.4, -0.2) is 49.2 Å². The Morgan fingerprint density at radius 3 is 2.67 bits per heavy atom. The first kappa shape index (κ1) is 21.1. The van der Waals surface area contributed by atoms with Gasteiger partial charge in [-0.3, -0.25) is 4.90 Å². The number of benzene rings is 2. The summed E-state index contributed by atoms with van der Waals surface area (Å²) in [6.45, 7) is 8.02. The molecule has 1 aromatic heterocycles. The zero-order valence-electron chi connectivity index (χ0n) is 17.9. The topological polar surface area (TPSA) is 31.5 Å². The molecule has 0 bridgehead atoms. The van der Waals surface area contributed by atoms with Crippen molar-refractivity contribution in [3.05, 3.63) is 59.2 Å². The van der Waals surface area contributed by atoms with Crippen LogP contribution >= 0.6 is 11.6 Å². The minimum Gasteiger partial charge on any atom is -0.490 e. The fourth-order valence-corrected chi connectivity index (χ4v) is 4.56. The van der Waals surface area contributed by atoms with E-state index in [0.29, 0.717) is 6.61 Å². The van der Waals surface area contributed by atoms with Crippen LogP contribution in [0.15, 0.2) is 48.7 Å². The number of fused-ring (bicyclic) bond motifs is 1. The minimum atomic E-state index is 0.678. The van der Waals surface area contributed by atoms with Gasteiger partial charge in [-0.2, -0.15) is 0 Å². The van der Waals surface area contributed by atoms with Crippen molar-refractivity contribution in [3.63, 3.8) is 0 Å². The Labute approximate surface area is 184 Å². The summed E-state index contributed by atoms with van der Waals surface area (Å²) in [4.78, 5) is 8.29. The number of H-pyrrole nitrogens is 1. The normalized spacial score (nSPS) is 15.1. The summed E-state index contributed by atoms with van der Waals surface area (Å²) < 4.78 is 6.17. The lowest BCUT2D eigenvalue weighted by Gasteiger charge is -2.36. The average Bonchev–Trinajstić information content (AvgIpc) is 3.25. The average molecular weight is 426 g/mol. The number of aryl methyl sites for hydroxylation is 1. The summed E-state index contributed by atoms with van der Waals surface area (Å²) in [6.07, 6.45) is 6.71. The molecule has 0 saturated carbocycles. The van der Waals surface area contributed by atoms with Gasteiger partial charge in [0.05, 0.1) is 5.02 Å².